The molecule has 2 aliphatic rings. The molecule has 2 nitrogen and oxygen atoms in total. The molecule has 3 rings (SSSR count). The van der Waals surface area contributed by atoms with Gasteiger partial charge in [-0.2, -0.15) is 0 Å². The molecule has 0 bridgehead atoms. The Morgan fingerprint density at radius 2 is 2.00 bits per heavy atom. The quantitative estimate of drug-likeness (QED) is 0.908. The van der Waals surface area contributed by atoms with Gasteiger partial charge in [0, 0.05) is 17.1 Å². The Balaban J connectivity index is 1.94. The van der Waals surface area contributed by atoms with E-state index in [2.05, 4.69) is 17.0 Å². The average Bonchev–Trinajstić information content (AvgIpc) is 3.23. The molecule has 3 heteroatoms. The third kappa shape index (κ3) is 2.29. The summed E-state index contributed by atoms with van der Waals surface area (Å²) < 4.78 is 0. The predicted octanol–water partition coefficient (Wildman–Crippen LogP) is 3.21. The molecular weight excluding hydrogens is 244 g/mol. The summed E-state index contributed by atoms with van der Waals surface area (Å²) in [6.45, 7) is 1.97. The highest BCUT2D eigenvalue weighted by Crippen LogP contribution is 2.44. The van der Waals surface area contributed by atoms with Crippen molar-refractivity contribution in [2.75, 3.05) is 13.1 Å². The molecule has 1 aromatic rings. The maximum atomic E-state index is 6.40. The van der Waals surface area contributed by atoms with Crippen molar-refractivity contribution in [3.63, 3.8) is 0 Å². The topological polar surface area (TPSA) is 29.3 Å². The van der Waals surface area contributed by atoms with Crippen molar-refractivity contribution in [1.82, 2.24) is 4.90 Å². The molecule has 1 saturated carbocycles. The van der Waals surface area contributed by atoms with Crippen molar-refractivity contribution in [2.24, 2.45) is 11.7 Å². The highest BCUT2D eigenvalue weighted by molar-refractivity contribution is 6.31. The zero-order valence-electron chi connectivity index (χ0n) is 10.7. The monoisotopic (exact) mass is 264 g/mol. The third-order valence-corrected chi connectivity index (χ3v) is 4.68. The molecule has 0 spiro atoms. The highest BCUT2D eigenvalue weighted by Gasteiger charge is 2.40. The summed E-state index contributed by atoms with van der Waals surface area (Å²) >= 11 is 6.40. The van der Waals surface area contributed by atoms with E-state index < -0.39 is 0 Å². The molecule has 98 valence electrons. The summed E-state index contributed by atoms with van der Waals surface area (Å²) in [5, 5.41) is 0.897. The first-order chi connectivity index (χ1) is 8.81. The molecule has 1 aliphatic heterocycles. The van der Waals surface area contributed by atoms with Crippen LogP contribution in [0, 0.1) is 5.92 Å². The van der Waals surface area contributed by atoms with Crippen LogP contribution in [0.5, 0.6) is 0 Å². The molecule has 2 fully saturated rings. The van der Waals surface area contributed by atoms with E-state index in [-0.39, 0.29) is 0 Å². The summed E-state index contributed by atoms with van der Waals surface area (Å²) in [5.41, 5.74) is 7.27. The molecule has 1 heterocycles. The minimum atomic E-state index is 0.435. The van der Waals surface area contributed by atoms with Crippen LogP contribution in [0.1, 0.15) is 37.3 Å². The van der Waals surface area contributed by atoms with E-state index in [0.29, 0.717) is 12.0 Å². The molecular formula is C15H21ClN2. The van der Waals surface area contributed by atoms with Crippen LogP contribution in [0.3, 0.4) is 0 Å². The number of halogens is 1. The average molecular weight is 265 g/mol. The summed E-state index contributed by atoms with van der Waals surface area (Å²) in [7, 11) is 0. The van der Waals surface area contributed by atoms with Gasteiger partial charge in [0.15, 0.2) is 0 Å². The number of benzene rings is 1. The summed E-state index contributed by atoms with van der Waals surface area (Å²) in [4.78, 5) is 2.66. The van der Waals surface area contributed by atoms with Crippen LogP contribution in [0.15, 0.2) is 24.3 Å². The van der Waals surface area contributed by atoms with Gasteiger partial charge in [-0.15, -0.1) is 0 Å². The van der Waals surface area contributed by atoms with Crippen LogP contribution in [0.4, 0.5) is 0 Å². The van der Waals surface area contributed by atoms with Crippen LogP contribution < -0.4 is 5.73 Å². The van der Waals surface area contributed by atoms with E-state index in [9.17, 15) is 0 Å². The van der Waals surface area contributed by atoms with Crippen LogP contribution in [-0.2, 0) is 0 Å². The van der Waals surface area contributed by atoms with Gasteiger partial charge in [-0.05, 0) is 56.3 Å². The van der Waals surface area contributed by atoms with E-state index in [4.69, 9.17) is 17.3 Å². The van der Waals surface area contributed by atoms with Gasteiger partial charge in [0.05, 0.1) is 0 Å². The first-order valence-electron chi connectivity index (χ1n) is 7.01. The highest BCUT2D eigenvalue weighted by atomic mass is 35.5. The maximum absolute atomic E-state index is 6.40. The Hall–Kier alpha value is -0.570. The van der Waals surface area contributed by atoms with Crippen molar-refractivity contribution in [3.05, 3.63) is 34.9 Å². The zero-order valence-corrected chi connectivity index (χ0v) is 11.4. The second-order valence-electron chi connectivity index (χ2n) is 5.57. The van der Waals surface area contributed by atoms with Gasteiger partial charge in [0.1, 0.15) is 0 Å². The van der Waals surface area contributed by atoms with Crippen molar-refractivity contribution in [1.29, 1.82) is 0 Å². The third-order valence-electron chi connectivity index (χ3n) is 4.34. The smallest absolute Gasteiger partial charge is 0.0453 e. The Kier molecular flexibility index (Phi) is 3.60. The maximum Gasteiger partial charge on any atom is 0.0453 e. The van der Waals surface area contributed by atoms with Crippen LogP contribution in [0.2, 0.25) is 5.02 Å². The second-order valence-corrected chi connectivity index (χ2v) is 5.98. The summed E-state index contributed by atoms with van der Waals surface area (Å²) in [6, 6.07) is 9.49. The molecule has 0 amide bonds. The molecule has 1 saturated heterocycles. The van der Waals surface area contributed by atoms with Gasteiger partial charge in [-0.1, -0.05) is 29.8 Å². The SMILES string of the molecule is NCC1CCCN(C2CC2)C1c1ccccc1Cl. The lowest BCUT2D eigenvalue weighted by atomic mass is 9.84. The normalized spacial score (nSPS) is 29.4. The van der Waals surface area contributed by atoms with Crippen molar-refractivity contribution >= 4 is 11.6 Å². The number of nitrogens with two attached hydrogens (primary N) is 1. The van der Waals surface area contributed by atoms with Crippen molar-refractivity contribution < 1.29 is 0 Å². The van der Waals surface area contributed by atoms with E-state index in [1.165, 1.54) is 37.8 Å². The molecule has 2 atom stereocenters. The summed E-state index contributed by atoms with van der Waals surface area (Å²) in [5.74, 6) is 0.555. The minimum absolute atomic E-state index is 0.435. The lowest BCUT2D eigenvalue weighted by Gasteiger charge is -2.42. The van der Waals surface area contributed by atoms with Gasteiger partial charge < -0.3 is 5.73 Å². The summed E-state index contributed by atoms with van der Waals surface area (Å²) in [6.07, 6.45) is 5.20. The number of hydrogen-bond acceptors (Lipinski definition) is 2. The Morgan fingerprint density at radius 1 is 1.22 bits per heavy atom. The standard InChI is InChI=1S/C15H21ClN2/c16-14-6-2-1-5-13(14)15-11(10-17)4-3-9-18(15)12-7-8-12/h1-2,5-6,11-12,15H,3-4,7-10,17H2. The van der Waals surface area contributed by atoms with Gasteiger partial charge in [0.2, 0.25) is 0 Å². The molecule has 0 radical (unpaired) electrons. The molecule has 1 aliphatic carbocycles. The Bertz CT molecular complexity index is 417. The number of hydrogen-bond donors (Lipinski definition) is 1. The number of rotatable bonds is 3. The van der Waals surface area contributed by atoms with Crippen molar-refractivity contribution in [2.45, 2.75) is 37.8 Å². The molecule has 0 aromatic heterocycles. The van der Waals surface area contributed by atoms with E-state index >= 15 is 0 Å². The largest absolute Gasteiger partial charge is 0.330 e. The van der Waals surface area contributed by atoms with Gasteiger partial charge in [0.25, 0.3) is 0 Å². The fourth-order valence-corrected chi connectivity index (χ4v) is 3.56. The first-order valence-corrected chi connectivity index (χ1v) is 7.39. The molecule has 1 aromatic carbocycles. The molecule has 18 heavy (non-hydrogen) atoms. The van der Waals surface area contributed by atoms with Crippen LogP contribution in [0.25, 0.3) is 0 Å². The second kappa shape index (κ2) is 5.20. The van der Waals surface area contributed by atoms with Crippen LogP contribution >= 0.6 is 11.6 Å². The fourth-order valence-electron chi connectivity index (χ4n) is 3.31. The lowest BCUT2D eigenvalue weighted by Crippen LogP contribution is -2.42. The lowest BCUT2D eigenvalue weighted by molar-refractivity contribution is 0.0880. The molecule has 2 unspecified atom stereocenters. The Labute approximate surface area is 114 Å². The Morgan fingerprint density at radius 3 is 2.67 bits per heavy atom. The number of nitrogens with zero attached hydrogens (tertiary/aromatic N) is 1. The number of likely N-dealkylation sites (tertiary alicyclic amines) is 1. The minimum Gasteiger partial charge on any atom is -0.330 e. The predicted molar refractivity (Wildman–Crippen MR) is 75.7 cm³/mol. The number of piperidine rings is 1. The van der Waals surface area contributed by atoms with E-state index in [1.54, 1.807) is 0 Å². The van der Waals surface area contributed by atoms with Crippen molar-refractivity contribution in [3.8, 4) is 0 Å². The first kappa shape index (κ1) is 12.5. The van der Waals surface area contributed by atoms with E-state index in [0.717, 1.165) is 17.6 Å². The zero-order chi connectivity index (χ0) is 12.5. The van der Waals surface area contributed by atoms with Crippen LogP contribution in [-0.4, -0.2) is 24.0 Å². The van der Waals surface area contributed by atoms with Gasteiger partial charge in [-0.3, -0.25) is 4.90 Å². The van der Waals surface area contributed by atoms with E-state index in [1.807, 2.05) is 12.1 Å². The van der Waals surface area contributed by atoms with Gasteiger partial charge >= 0.3 is 0 Å². The molecule has 2 N–H and O–H groups in total. The fraction of sp³-hybridized carbons (Fsp3) is 0.600. The van der Waals surface area contributed by atoms with Gasteiger partial charge in [-0.25, -0.2) is 0 Å².